The van der Waals surface area contributed by atoms with Crippen LogP contribution in [-0.2, 0) is 35.3 Å². The van der Waals surface area contributed by atoms with Gasteiger partial charge in [-0.05, 0) is 148 Å². The van der Waals surface area contributed by atoms with Gasteiger partial charge in [-0.3, -0.25) is 30.9 Å². The van der Waals surface area contributed by atoms with Crippen molar-refractivity contribution < 1.29 is 28.0 Å². The summed E-state index contributed by atoms with van der Waals surface area (Å²) in [6.07, 6.45) is 9.37. The van der Waals surface area contributed by atoms with E-state index in [9.17, 15) is 28.0 Å². The molecule has 0 radical (unpaired) electrons. The van der Waals surface area contributed by atoms with E-state index in [1.165, 1.54) is 46.6 Å². The number of rotatable bonds is 7. The third-order valence-electron chi connectivity index (χ3n) is 12.0. The minimum Gasteiger partial charge on any atom is -0.366 e. The molecule has 2 aromatic heterocycles. The topological polar surface area (TPSA) is 228 Å². The number of aromatic amines is 2. The number of benzene rings is 3. The first-order chi connectivity index (χ1) is 28.9. The van der Waals surface area contributed by atoms with Crippen LogP contribution in [0.2, 0.25) is 0 Å². The normalized spacial score (nSPS) is 18.6. The first-order valence-corrected chi connectivity index (χ1v) is 19.9. The molecule has 4 aliphatic rings. The highest BCUT2D eigenvalue weighted by Gasteiger charge is 2.30. The van der Waals surface area contributed by atoms with Crippen LogP contribution in [0.3, 0.4) is 0 Å². The molecular formula is C46H48F2N8O4. The van der Waals surface area contributed by atoms with E-state index in [1.54, 1.807) is 42.5 Å². The molecule has 310 valence electrons. The molecule has 2 unspecified atom stereocenters. The first kappa shape index (κ1) is 41.7. The van der Waals surface area contributed by atoms with Crippen LogP contribution in [0, 0.1) is 37.3 Å². The van der Waals surface area contributed by atoms with Crippen molar-refractivity contribution in [2.24, 2.45) is 35.0 Å². The molecular weight excluding hydrogens is 767 g/mol. The Labute approximate surface area is 345 Å². The van der Waals surface area contributed by atoms with Gasteiger partial charge in [0.2, 0.25) is 5.91 Å². The summed E-state index contributed by atoms with van der Waals surface area (Å²) < 4.78 is 27.3. The Hall–Kier alpha value is -6.48. The van der Waals surface area contributed by atoms with E-state index in [4.69, 9.17) is 11.5 Å². The summed E-state index contributed by atoms with van der Waals surface area (Å²) in [7, 11) is 0. The predicted molar refractivity (Wildman–Crippen MR) is 229 cm³/mol. The summed E-state index contributed by atoms with van der Waals surface area (Å²) in [5.74, 6) is 6.76. The highest BCUT2D eigenvalue weighted by molar-refractivity contribution is 6.35. The third-order valence-corrected chi connectivity index (χ3v) is 12.0. The second-order valence-electron chi connectivity index (χ2n) is 15.6. The molecule has 12 nitrogen and oxygen atoms in total. The van der Waals surface area contributed by atoms with Gasteiger partial charge >= 0.3 is 0 Å². The van der Waals surface area contributed by atoms with Gasteiger partial charge in [-0.25, -0.2) is 8.78 Å². The molecule has 5 aromatic rings. The van der Waals surface area contributed by atoms with Gasteiger partial charge in [0.15, 0.2) is 5.78 Å². The average Bonchev–Trinajstić information content (AvgIpc) is 3.94. The number of anilines is 2. The highest BCUT2D eigenvalue weighted by Crippen LogP contribution is 2.38. The Morgan fingerprint density at radius 1 is 0.717 bits per heavy atom. The minimum atomic E-state index is -0.607. The van der Waals surface area contributed by atoms with Gasteiger partial charge in [0.05, 0.1) is 11.1 Å². The zero-order valence-corrected chi connectivity index (χ0v) is 33.4. The molecule has 0 bridgehead atoms. The Bertz CT molecular complexity index is 2600. The summed E-state index contributed by atoms with van der Waals surface area (Å²) in [5, 5.41) is 5.56. The van der Waals surface area contributed by atoms with Gasteiger partial charge in [-0.1, -0.05) is 18.2 Å². The number of fused-ring (bicyclic) bond motifs is 4. The number of H-pyrrole nitrogens is 2. The van der Waals surface area contributed by atoms with Crippen molar-refractivity contribution >= 4 is 58.2 Å². The van der Waals surface area contributed by atoms with Gasteiger partial charge in [-0.15, -0.1) is 0 Å². The number of hydrogen-bond acceptors (Lipinski definition) is 7. The van der Waals surface area contributed by atoms with E-state index in [-0.39, 0.29) is 34.9 Å². The number of hydrogen-bond donors (Lipinski definition) is 8. The lowest BCUT2D eigenvalue weighted by Crippen LogP contribution is -2.22. The van der Waals surface area contributed by atoms with Crippen molar-refractivity contribution in [3.8, 4) is 0 Å². The van der Waals surface area contributed by atoms with E-state index >= 15 is 0 Å². The number of nitrogens with one attached hydrogen (secondary N) is 4. The Morgan fingerprint density at radius 2 is 1.18 bits per heavy atom. The van der Waals surface area contributed by atoms with Gasteiger partial charge in [-0.2, -0.15) is 0 Å². The number of hydrazine groups is 1. The fourth-order valence-corrected chi connectivity index (χ4v) is 8.82. The lowest BCUT2D eigenvalue weighted by molar-refractivity contribution is -0.111. The van der Waals surface area contributed by atoms with Crippen LogP contribution in [-0.4, -0.2) is 40.0 Å². The molecule has 2 atom stereocenters. The number of Topliss-reactive ketones (excluding diaryl/α,β-unsaturated/α-hetero) is 1. The average molecular weight is 815 g/mol. The number of primary amides is 1. The number of nitrogens with two attached hydrogens (primary N) is 4. The van der Waals surface area contributed by atoms with Gasteiger partial charge in [0, 0.05) is 62.8 Å². The first-order valence-electron chi connectivity index (χ1n) is 19.9. The maximum absolute atomic E-state index is 13.8. The molecule has 0 spiro atoms. The molecule has 3 aromatic carbocycles. The standard InChI is InChI=1S/C27H24FN3O3.C19H20FN3O.H4N2/c1-14-17-8-6-15(11-25(32)18-4-2-3-5-19(18)26(29)33)10-24(17)30-23(14)13-21-20-12-16(28)7-9-22(20)31-27(21)34;1-10-13-4-2-11(9-21)6-18(13)22-17(10)8-15-14-7-12(20)3-5-16(14)23-19(15)24;1-2/h2-5,7,9,12-13,15,30H,6,8,10-11H2,1H3,(H2,29,33)(H,31,34);3,5,7-8,11,22H,2,4,6,9,21H2,1H3,(H,23,24);1-2H2/b21-13-;15-8-;. The molecule has 0 fully saturated rings. The quantitative estimate of drug-likeness (QED) is 0.0406. The summed E-state index contributed by atoms with van der Waals surface area (Å²) in [4.78, 5) is 56.3. The van der Waals surface area contributed by atoms with Crippen molar-refractivity contribution in [2.75, 3.05) is 17.2 Å². The second-order valence-corrected chi connectivity index (χ2v) is 15.6. The number of aromatic nitrogens is 2. The summed E-state index contributed by atoms with van der Waals surface area (Å²) in [5.41, 5.74) is 24.0. The van der Waals surface area contributed by atoms with Crippen LogP contribution in [0.1, 0.15) is 96.1 Å². The minimum absolute atomic E-state index is 0.0882. The largest absolute Gasteiger partial charge is 0.366 e. The van der Waals surface area contributed by atoms with Gasteiger partial charge in [0.1, 0.15) is 11.6 Å². The number of amides is 3. The maximum atomic E-state index is 13.8. The zero-order valence-electron chi connectivity index (χ0n) is 33.4. The SMILES string of the molecule is Cc1c(/C=C2\C(=O)Nc3ccc(F)cc32)[nH]c2c1CCC(CC(=O)c1ccccc1C(N)=O)C2.Cc1c(/C=C2\C(=O)Nc3ccc(F)cc32)[nH]c2c1CCC(CN)C2.NN. The van der Waals surface area contributed by atoms with Crippen LogP contribution in [0.5, 0.6) is 0 Å². The number of carbonyl (C=O) groups excluding carboxylic acids is 4. The van der Waals surface area contributed by atoms with Crippen molar-refractivity contribution in [3.05, 3.63) is 140 Å². The van der Waals surface area contributed by atoms with E-state index in [0.29, 0.717) is 64.5 Å². The van der Waals surface area contributed by atoms with Crippen molar-refractivity contribution in [3.63, 3.8) is 0 Å². The Morgan fingerprint density at radius 3 is 1.67 bits per heavy atom. The molecule has 0 saturated heterocycles. The van der Waals surface area contributed by atoms with Crippen LogP contribution in [0.4, 0.5) is 20.2 Å². The fourth-order valence-electron chi connectivity index (χ4n) is 8.82. The van der Waals surface area contributed by atoms with E-state index in [1.807, 2.05) is 13.0 Å². The molecule has 2 aliphatic carbocycles. The number of halogens is 2. The summed E-state index contributed by atoms with van der Waals surface area (Å²) in [6.45, 7) is 4.78. The predicted octanol–water partition coefficient (Wildman–Crippen LogP) is 6.27. The van der Waals surface area contributed by atoms with Gasteiger partial charge < -0.3 is 32.1 Å². The van der Waals surface area contributed by atoms with Crippen molar-refractivity contribution in [1.29, 1.82) is 0 Å². The zero-order chi connectivity index (χ0) is 42.8. The van der Waals surface area contributed by atoms with E-state index in [0.717, 1.165) is 54.7 Å². The molecule has 14 heteroatoms. The highest BCUT2D eigenvalue weighted by atomic mass is 19.1. The van der Waals surface area contributed by atoms with Gasteiger partial charge in [0.25, 0.3) is 11.8 Å². The second kappa shape index (κ2) is 17.4. The van der Waals surface area contributed by atoms with E-state index in [2.05, 4.69) is 39.2 Å². The van der Waals surface area contributed by atoms with Crippen molar-refractivity contribution in [1.82, 2.24) is 9.97 Å². The summed E-state index contributed by atoms with van der Waals surface area (Å²) in [6, 6.07) is 15.3. The van der Waals surface area contributed by atoms with Crippen molar-refractivity contribution in [2.45, 2.75) is 58.8 Å². The Balaban J connectivity index is 0.000000184. The van der Waals surface area contributed by atoms with Crippen LogP contribution < -0.4 is 33.8 Å². The Kier molecular flexibility index (Phi) is 12.1. The number of ketones is 1. The smallest absolute Gasteiger partial charge is 0.256 e. The molecule has 60 heavy (non-hydrogen) atoms. The number of carbonyl (C=O) groups is 4. The molecule has 4 heterocycles. The molecule has 9 rings (SSSR count). The third kappa shape index (κ3) is 8.21. The van der Waals surface area contributed by atoms with E-state index < -0.39 is 11.7 Å². The molecule has 3 amide bonds. The maximum Gasteiger partial charge on any atom is 0.256 e. The molecule has 2 aliphatic heterocycles. The van der Waals surface area contributed by atoms with Crippen LogP contribution in [0.15, 0.2) is 60.7 Å². The van der Waals surface area contributed by atoms with Crippen LogP contribution >= 0.6 is 0 Å². The lowest BCUT2D eigenvalue weighted by atomic mass is 9.82. The summed E-state index contributed by atoms with van der Waals surface area (Å²) >= 11 is 0. The monoisotopic (exact) mass is 814 g/mol. The van der Waals surface area contributed by atoms with Crippen LogP contribution in [0.25, 0.3) is 23.3 Å². The molecule has 0 saturated carbocycles. The molecule has 12 N–H and O–H groups in total. The lowest BCUT2D eigenvalue weighted by Gasteiger charge is -2.22. The fraction of sp³-hybridized carbons (Fsp3) is 0.261.